The van der Waals surface area contributed by atoms with E-state index in [1.54, 1.807) is 37.2 Å². The molecule has 1 aliphatic heterocycles. The lowest BCUT2D eigenvalue weighted by Crippen LogP contribution is -2.30. The lowest BCUT2D eigenvalue weighted by molar-refractivity contribution is -0.122. The maximum absolute atomic E-state index is 11.3. The number of carbonyl (C=O) groups excluding carboxylic acids is 2. The topological polar surface area (TPSA) is 78.9 Å². The van der Waals surface area contributed by atoms with E-state index in [0.29, 0.717) is 12.0 Å². The minimum atomic E-state index is -0.451. The predicted octanol–water partition coefficient (Wildman–Crippen LogP) is -0.632. The summed E-state index contributed by atoms with van der Waals surface area (Å²) in [5.41, 5.74) is 0.393. The summed E-state index contributed by atoms with van der Waals surface area (Å²) in [6, 6.07) is 0. The minimum absolute atomic E-state index is 0.0742. The van der Waals surface area contributed by atoms with Crippen molar-refractivity contribution in [2.24, 2.45) is 0 Å². The molecule has 2 N–H and O–H groups in total. The molecule has 6 heteroatoms. The van der Waals surface area contributed by atoms with Crippen LogP contribution in [0.5, 0.6) is 0 Å². The van der Waals surface area contributed by atoms with Gasteiger partial charge in [0.1, 0.15) is 12.3 Å². The van der Waals surface area contributed by atoms with E-state index in [0.717, 1.165) is 0 Å². The van der Waals surface area contributed by atoms with Crippen molar-refractivity contribution < 1.29 is 19.4 Å². The number of ether oxygens (including phenoxy) is 1. The normalized spacial score (nSPS) is 23.6. The van der Waals surface area contributed by atoms with E-state index in [4.69, 9.17) is 9.84 Å². The number of aliphatic hydroxyl groups excluding tert-OH is 1. The van der Waals surface area contributed by atoms with E-state index in [-0.39, 0.29) is 18.9 Å². The fraction of sp³-hybridized carbons (Fsp3) is 0.455. The average Bonchev–Trinajstić information content (AvgIpc) is 2.77. The first kappa shape index (κ1) is 13.4. The van der Waals surface area contributed by atoms with Crippen LogP contribution in [0.25, 0.3) is 0 Å². The summed E-state index contributed by atoms with van der Waals surface area (Å²) in [5, 5.41) is 10.9. The number of imide groups is 1. The lowest BCUT2D eigenvalue weighted by atomic mass is 10.3. The van der Waals surface area contributed by atoms with E-state index >= 15 is 0 Å². The highest BCUT2D eigenvalue weighted by atomic mass is 16.5. The summed E-state index contributed by atoms with van der Waals surface area (Å²) in [4.78, 5) is 23.1. The maximum Gasteiger partial charge on any atom is 0.254 e. The molecule has 0 saturated heterocycles. The zero-order valence-electron chi connectivity index (χ0n) is 9.79. The molecule has 17 heavy (non-hydrogen) atoms. The molecule has 0 aromatic carbocycles. The smallest absolute Gasteiger partial charge is 0.254 e. The number of aliphatic hydroxyl groups is 1. The van der Waals surface area contributed by atoms with Crippen molar-refractivity contribution >= 4 is 12.3 Å². The SMILES string of the molecule is C/C(=C/N(C)C1C=CC(CO)O1)C(=O)NC=O. The molecule has 2 amide bonds. The molecule has 0 fully saturated rings. The summed E-state index contributed by atoms with van der Waals surface area (Å²) in [6.45, 7) is 1.52. The zero-order chi connectivity index (χ0) is 12.8. The third-order valence-corrected chi connectivity index (χ3v) is 2.33. The minimum Gasteiger partial charge on any atom is -0.393 e. The van der Waals surface area contributed by atoms with Crippen LogP contribution in [0.4, 0.5) is 0 Å². The van der Waals surface area contributed by atoms with Gasteiger partial charge in [0.25, 0.3) is 5.91 Å². The van der Waals surface area contributed by atoms with Crippen molar-refractivity contribution in [3.8, 4) is 0 Å². The third kappa shape index (κ3) is 3.69. The molecule has 2 atom stereocenters. The fourth-order valence-corrected chi connectivity index (χ4v) is 1.43. The van der Waals surface area contributed by atoms with E-state index < -0.39 is 5.91 Å². The van der Waals surface area contributed by atoms with E-state index in [1.807, 2.05) is 5.32 Å². The number of rotatable bonds is 5. The first-order chi connectivity index (χ1) is 8.08. The Balaban J connectivity index is 2.57. The Morgan fingerprint density at radius 3 is 2.82 bits per heavy atom. The van der Waals surface area contributed by atoms with Crippen LogP contribution < -0.4 is 5.32 Å². The van der Waals surface area contributed by atoms with Gasteiger partial charge in [-0.2, -0.15) is 0 Å². The van der Waals surface area contributed by atoms with Crippen molar-refractivity contribution in [2.45, 2.75) is 19.3 Å². The average molecular weight is 240 g/mol. The number of carbonyl (C=O) groups is 2. The van der Waals surface area contributed by atoms with Gasteiger partial charge in [0.2, 0.25) is 6.41 Å². The van der Waals surface area contributed by atoms with Gasteiger partial charge in [-0.25, -0.2) is 0 Å². The molecule has 1 heterocycles. The highest BCUT2D eigenvalue weighted by molar-refractivity contribution is 5.98. The van der Waals surface area contributed by atoms with Crippen LogP contribution in [0.1, 0.15) is 6.92 Å². The highest BCUT2D eigenvalue weighted by Crippen LogP contribution is 2.14. The fourth-order valence-electron chi connectivity index (χ4n) is 1.43. The molecule has 0 bridgehead atoms. The molecule has 0 spiro atoms. The molecule has 6 nitrogen and oxygen atoms in total. The number of hydrogen-bond donors (Lipinski definition) is 2. The molecule has 1 rings (SSSR count). The quantitative estimate of drug-likeness (QED) is 0.380. The Kier molecular flexibility index (Phi) is 4.86. The van der Waals surface area contributed by atoms with Gasteiger partial charge in [-0.15, -0.1) is 0 Å². The Morgan fingerprint density at radius 2 is 2.29 bits per heavy atom. The maximum atomic E-state index is 11.3. The molecule has 0 saturated carbocycles. The van der Waals surface area contributed by atoms with Crippen molar-refractivity contribution in [3.63, 3.8) is 0 Å². The molecule has 0 radical (unpaired) electrons. The van der Waals surface area contributed by atoms with Crippen LogP contribution in [-0.2, 0) is 14.3 Å². The summed E-state index contributed by atoms with van der Waals surface area (Å²) < 4.78 is 5.43. The van der Waals surface area contributed by atoms with E-state index in [1.165, 1.54) is 0 Å². The Morgan fingerprint density at radius 1 is 1.59 bits per heavy atom. The van der Waals surface area contributed by atoms with Gasteiger partial charge < -0.3 is 14.7 Å². The molecule has 2 unspecified atom stereocenters. The second-order valence-corrected chi connectivity index (χ2v) is 3.70. The summed E-state index contributed by atoms with van der Waals surface area (Å²) in [7, 11) is 1.74. The monoisotopic (exact) mass is 240 g/mol. The summed E-state index contributed by atoms with van der Waals surface area (Å²) in [6.07, 6.45) is 4.85. The number of amides is 2. The number of nitrogens with zero attached hydrogens (tertiary/aromatic N) is 1. The van der Waals surface area contributed by atoms with Gasteiger partial charge in [-0.05, 0) is 13.0 Å². The van der Waals surface area contributed by atoms with Crippen LogP contribution in [0.2, 0.25) is 0 Å². The van der Waals surface area contributed by atoms with Crippen molar-refractivity contribution in [2.75, 3.05) is 13.7 Å². The van der Waals surface area contributed by atoms with Crippen molar-refractivity contribution in [3.05, 3.63) is 23.9 Å². The van der Waals surface area contributed by atoms with E-state index in [2.05, 4.69) is 0 Å². The van der Waals surface area contributed by atoms with Gasteiger partial charge >= 0.3 is 0 Å². The highest BCUT2D eigenvalue weighted by Gasteiger charge is 2.20. The summed E-state index contributed by atoms with van der Waals surface area (Å²) >= 11 is 0. The largest absolute Gasteiger partial charge is 0.393 e. The van der Waals surface area contributed by atoms with Crippen LogP contribution >= 0.6 is 0 Å². The van der Waals surface area contributed by atoms with Crippen LogP contribution in [0, 0.1) is 0 Å². The predicted molar refractivity (Wildman–Crippen MR) is 60.6 cm³/mol. The van der Waals surface area contributed by atoms with E-state index in [9.17, 15) is 9.59 Å². The number of hydrogen-bond acceptors (Lipinski definition) is 5. The van der Waals surface area contributed by atoms with Gasteiger partial charge in [0.15, 0.2) is 0 Å². The number of nitrogens with one attached hydrogen (secondary N) is 1. The Bertz CT molecular complexity index is 351. The molecule has 1 aliphatic rings. The Hall–Kier alpha value is -1.66. The number of likely N-dealkylation sites (N-methyl/N-ethyl adjacent to an activating group) is 1. The molecule has 0 aliphatic carbocycles. The molecule has 0 aromatic heterocycles. The lowest BCUT2D eigenvalue weighted by Gasteiger charge is -2.23. The van der Waals surface area contributed by atoms with Crippen LogP contribution in [0.3, 0.4) is 0 Å². The van der Waals surface area contributed by atoms with Crippen molar-refractivity contribution in [1.82, 2.24) is 10.2 Å². The standard InChI is InChI=1S/C11H16N2O4/c1-8(11(16)12-7-15)5-13(2)10-4-3-9(6-14)17-10/h3-5,7,9-10,14H,6H2,1-2H3,(H,12,15,16)/b8-5-. The summed E-state index contributed by atoms with van der Waals surface area (Å²) in [5.74, 6) is -0.451. The second-order valence-electron chi connectivity index (χ2n) is 3.70. The Labute approximate surface area is 99.5 Å². The van der Waals surface area contributed by atoms with Crippen LogP contribution in [-0.4, -0.2) is 48.3 Å². The molecule has 0 aromatic rings. The van der Waals surface area contributed by atoms with Gasteiger partial charge in [-0.1, -0.05) is 6.08 Å². The first-order valence-electron chi connectivity index (χ1n) is 5.18. The first-order valence-corrected chi connectivity index (χ1v) is 5.18. The zero-order valence-corrected chi connectivity index (χ0v) is 9.79. The third-order valence-electron chi connectivity index (χ3n) is 2.33. The second kappa shape index (κ2) is 6.17. The molecular formula is C11H16N2O4. The van der Waals surface area contributed by atoms with Gasteiger partial charge in [0, 0.05) is 18.8 Å². The molecular weight excluding hydrogens is 224 g/mol. The van der Waals surface area contributed by atoms with Crippen molar-refractivity contribution in [1.29, 1.82) is 0 Å². The van der Waals surface area contributed by atoms with Crippen LogP contribution in [0.15, 0.2) is 23.9 Å². The van der Waals surface area contributed by atoms with Gasteiger partial charge in [0.05, 0.1) is 6.61 Å². The van der Waals surface area contributed by atoms with Gasteiger partial charge in [-0.3, -0.25) is 14.9 Å². The molecule has 94 valence electrons.